The largest absolute Gasteiger partial charge is 0.439 e. The van der Waals surface area contributed by atoms with Crippen molar-refractivity contribution in [1.29, 1.82) is 0 Å². The van der Waals surface area contributed by atoms with Crippen molar-refractivity contribution in [3.8, 4) is 11.6 Å². The van der Waals surface area contributed by atoms with E-state index < -0.39 is 0 Å². The van der Waals surface area contributed by atoms with Gasteiger partial charge in [-0.05, 0) is 43.5 Å². The molecule has 0 saturated carbocycles. The molecule has 0 fully saturated rings. The number of nitrogens with zero attached hydrogens (tertiary/aromatic N) is 1. The maximum Gasteiger partial charge on any atom is 0.222 e. The minimum Gasteiger partial charge on any atom is -0.439 e. The van der Waals surface area contributed by atoms with Crippen LogP contribution in [0.3, 0.4) is 0 Å². The second-order valence-corrected chi connectivity index (χ2v) is 4.76. The van der Waals surface area contributed by atoms with Crippen molar-refractivity contribution in [2.45, 2.75) is 32.7 Å². The van der Waals surface area contributed by atoms with Gasteiger partial charge in [0.2, 0.25) is 5.88 Å². The first-order chi connectivity index (χ1) is 9.19. The number of nitrogens with two attached hydrogens (primary N) is 1. The highest BCUT2D eigenvalue weighted by Gasteiger charge is 2.09. The number of pyridine rings is 1. The lowest BCUT2D eigenvalue weighted by molar-refractivity contribution is 0.452. The summed E-state index contributed by atoms with van der Waals surface area (Å²) >= 11 is 0. The van der Waals surface area contributed by atoms with E-state index in [2.05, 4.69) is 11.9 Å². The second-order valence-electron chi connectivity index (χ2n) is 4.76. The number of hydrogen-bond donors (Lipinski definition) is 1. The molecule has 0 saturated heterocycles. The van der Waals surface area contributed by atoms with Gasteiger partial charge in [0.1, 0.15) is 5.75 Å². The van der Waals surface area contributed by atoms with E-state index in [1.54, 1.807) is 6.20 Å². The molecule has 1 unspecified atom stereocenters. The Balaban J connectivity index is 2.20. The summed E-state index contributed by atoms with van der Waals surface area (Å²) in [5.41, 5.74) is 8.23. The molecule has 0 radical (unpaired) electrons. The average Bonchev–Trinajstić information content (AvgIpc) is 2.41. The van der Waals surface area contributed by atoms with Gasteiger partial charge in [-0.2, -0.15) is 0 Å². The van der Waals surface area contributed by atoms with E-state index in [1.807, 2.05) is 43.3 Å². The third kappa shape index (κ3) is 3.80. The number of hydrogen-bond acceptors (Lipinski definition) is 3. The molecule has 2 aromatic rings. The summed E-state index contributed by atoms with van der Waals surface area (Å²) in [7, 11) is 0. The molecule has 0 amide bonds. The SMILES string of the molecule is CCC(N)Cc1cccnc1Oc1cccc(C)c1. The molecule has 0 aliphatic heterocycles. The summed E-state index contributed by atoms with van der Waals surface area (Å²) in [5.74, 6) is 1.46. The van der Waals surface area contributed by atoms with Crippen LogP contribution in [0, 0.1) is 6.92 Å². The fourth-order valence-corrected chi connectivity index (χ4v) is 1.89. The van der Waals surface area contributed by atoms with Crippen molar-refractivity contribution < 1.29 is 4.74 Å². The van der Waals surface area contributed by atoms with Crippen LogP contribution in [0.4, 0.5) is 0 Å². The topological polar surface area (TPSA) is 48.1 Å². The summed E-state index contributed by atoms with van der Waals surface area (Å²) < 4.78 is 5.87. The number of aromatic nitrogens is 1. The molecule has 0 bridgehead atoms. The van der Waals surface area contributed by atoms with Crippen LogP contribution >= 0.6 is 0 Å². The first kappa shape index (κ1) is 13.6. The highest BCUT2D eigenvalue weighted by molar-refractivity contribution is 5.34. The Labute approximate surface area is 114 Å². The molecule has 1 aromatic heterocycles. The summed E-state index contributed by atoms with van der Waals surface area (Å²) in [6.45, 7) is 4.13. The Bertz CT molecular complexity index is 540. The zero-order valence-corrected chi connectivity index (χ0v) is 11.5. The number of ether oxygens (including phenoxy) is 1. The predicted molar refractivity (Wildman–Crippen MR) is 77.5 cm³/mol. The molecule has 3 heteroatoms. The smallest absolute Gasteiger partial charge is 0.222 e. The van der Waals surface area contributed by atoms with Gasteiger partial charge in [-0.25, -0.2) is 4.98 Å². The Hall–Kier alpha value is -1.87. The third-order valence-electron chi connectivity index (χ3n) is 3.06. The van der Waals surface area contributed by atoms with E-state index in [4.69, 9.17) is 10.5 Å². The van der Waals surface area contributed by atoms with Crippen molar-refractivity contribution in [2.24, 2.45) is 5.73 Å². The van der Waals surface area contributed by atoms with Crippen LogP contribution in [0.2, 0.25) is 0 Å². The molecule has 19 heavy (non-hydrogen) atoms. The van der Waals surface area contributed by atoms with Gasteiger partial charge in [-0.3, -0.25) is 0 Å². The van der Waals surface area contributed by atoms with Gasteiger partial charge in [-0.1, -0.05) is 25.1 Å². The van der Waals surface area contributed by atoms with Crippen molar-refractivity contribution in [3.05, 3.63) is 53.7 Å². The summed E-state index contributed by atoms with van der Waals surface area (Å²) in [6, 6.07) is 12.0. The zero-order chi connectivity index (χ0) is 13.7. The molecular weight excluding hydrogens is 236 g/mol. The normalized spacial score (nSPS) is 12.2. The lowest BCUT2D eigenvalue weighted by atomic mass is 10.1. The molecule has 2 rings (SSSR count). The van der Waals surface area contributed by atoms with Crippen LogP contribution in [0.25, 0.3) is 0 Å². The van der Waals surface area contributed by atoms with E-state index in [1.165, 1.54) is 5.56 Å². The Morgan fingerprint density at radius 2 is 2.11 bits per heavy atom. The van der Waals surface area contributed by atoms with Crippen LogP contribution in [-0.2, 0) is 6.42 Å². The molecule has 2 N–H and O–H groups in total. The molecular formula is C16H20N2O. The van der Waals surface area contributed by atoms with Crippen molar-refractivity contribution >= 4 is 0 Å². The highest BCUT2D eigenvalue weighted by Crippen LogP contribution is 2.24. The second kappa shape index (κ2) is 6.34. The first-order valence-corrected chi connectivity index (χ1v) is 6.63. The molecule has 0 aliphatic rings. The van der Waals surface area contributed by atoms with Gasteiger partial charge in [0, 0.05) is 17.8 Å². The quantitative estimate of drug-likeness (QED) is 0.891. The van der Waals surface area contributed by atoms with Gasteiger partial charge in [0.15, 0.2) is 0 Å². The number of rotatable bonds is 5. The summed E-state index contributed by atoms with van der Waals surface area (Å²) in [5, 5.41) is 0. The summed E-state index contributed by atoms with van der Waals surface area (Å²) in [6.07, 6.45) is 3.47. The number of aryl methyl sites for hydroxylation is 1. The van der Waals surface area contributed by atoms with Crippen molar-refractivity contribution in [2.75, 3.05) is 0 Å². The van der Waals surface area contributed by atoms with Gasteiger partial charge in [-0.15, -0.1) is 0 Å². The fourth-order valence-electron chi connectivity index (χ4n) is 1.89. The fraction of sp³-hybridized carbons (Fsp3) is 0.312. The van der Waals surface area contributed by atoms with E-state index in [0.717, 1.165) is 24.2 Å². The lowest BCUT2D eigenvalue weighted by Gasteiger charge is -2.13. The standard InChI is InChI=1S/C16H20N2O/c1-3-14(17)11-13-7-5-9-18-16(13)19-15-8-4-6-12(2)10-15/h4-10,14H,3,11,17H2,1-2H3. The molecule has 1 atom stereocenters. The van der Waals surface area contributed by atoms with Crippen LogP contribution < -0.4 is 10.5 Å². The van der Waals surface area contributed by atoms with E-state index >= 15 is 0 Å². The first-order valence-electron chi connectivity index (χ1n) is 6.63. The van der Waals surface area contributed by atoms with Crippen molar-refractivity contribution in [3.63, 3.8) is 0 Å². The Morgan fingerprint density at radius 1 is 1.26 bits per heavy atom. The van der Waals surface area contributed by atoms with Gasteiger partial charge in [0.05, 0.1) is 0 Å². The maximum absolute atomic E-state index is 6.01. The predicted octanol–water partition coefficient (Wildman–Crippen LogP) is 3.46. The van der Waals surface area contributed by atoms with Crippen LogP contribution in [0.15, 0.2) is 42.6 Å². The third-order valence-corrected chi connectivity index (χ3v) is 3.06. The molecule has 1 heterocycles. The minimum atomic E-state index is 0.143. The van der Waals surface area contributed by atoms with Crippen molar-refractivity contribution in [1.82, 2.24) is 4.98 Å². The zero-order valence-electron chi connectivity index (χ0n) is 11.5. The molecule has 100 valence electrons. The van der Waals surface area contributed by atoms with E-state index in [-0.39, 0.29) is 6.04 Å². The van der Waals surface area contributed by atoms with Gasteiger partial charge in [0.25, 0.3) is 0 Å². The molecule has 1 aromatic carbocycles. The van der Waals surface area contributed by atoms with Gasteiger partial charge >= 0.3 is 0 Å². The maximum atomic E-state index is 6.01. The Morgan fingerprint density at radius 3 is 2.84 bits per heavy atom. The average molecular weight is 256 g/mol. The molecule has 0 aliphatic carbocycles. The van der Waals surface area contributed by atoms with Gasteiger partial charge < -0.3 is 10.5 Å². The minimum absolute atomic E-state index is 0.143. The monoisotopic (exact) mass is 256 g/mol. The van der Waals surface area contributed by atoms with Crippen LogP contribution in [0.1, 0.15) is 24.5 Å². The van der Waals surface area contributed by atoms with Crippen LogP contribution in [0.5, 0.6) is 11.6 Å². The Kier molecular flexibility index (Phi) is 4.53. The summed E-state index contributed by atoms with van der Waals surface area (Å²) in [4.78, 5) is 4.31. The highest BCUT2D eigenvalue weighted by atomic mass is 16.5. The number of benzene rings is 1. The van der Waals surface area contributed by atoms with E-state index in [9.17, 15) is 0 Å². The van der Waals surface area contributed by atoms with Crippen LogP contribution in [-0.4, -0.2) is 11.0 Å². The lowest BCUT2D eigenvalue weighted by Crippen LogP contribution is -2.21. The van der Waals surface area contributed by atoms with E-state index in [0.29, 0.717) is 5.88 Å². The molecule has 0 spiro atoms. The molecule has 3 nitrogen and oxygen atoms in total.